The Balaban J connectivity index is 1.67. The molecule has 0 radical (unpaired) electrons. The minimum atomic E-state index is -0.294. The van der Waals surface area contributed by atoms with Gasteiger partial charge in [-0.2, -0.15) is 0 Å². The first-order valence-electron chi connectivity index (χ1n) is 8.78. The van der Waals surface area contributed by atoms with Gasteiger partial charge in [0.1, 0.15) is 12.1 Å². The highest BCUT2D eigenvalue weighted by atomic mass is 19.1. The largest absolute Gasteiger partial charge is 0.346 e. The van der Waals surface area contributed by atoms with Crippen molar-refractivity contribution in [2.75, 3.05) is 0 Å². The first-order chi connectivity index (χ1) is 12.8. The van der Waals surface area contributed by atoms with Crippen LogP contribution in [0.25, 0.3) is 11.3 Å². The molecule has 0 aliphatic carbocycles. The zero-order chi connectivity index (χ0) is 19.4. The smallest absolute Gasteiger partial charge is 0.251 e. The maximum Gasteiger partial charge on any atom is 0.251 e. The quantitative estimate of drug-likeness (QED) is 0.742. The van der Waals surface area contributed by atoms with Gasteiger partial charge in [-0.3, -0.25) is 4.79 Å². The van der Waals surface area contributed by atoms with Crippen LogP contribution < -0.4 is 5.32 Å². The van der Waals surface area contributed by atoms with E-state index >= 15 is 0 Å². The van der Waals surface area contributed by atoms with E-state index < -0.39 is 0 Å². The van der Waals surface area contributed by atoms with Crippen molar-refractivity contribution in [1.82, 2.24) is 15.3 Å². The third-order valence-corrected chi connectivity index (χ3v) is 4.31. The molecule has 3 aromatic rings. The fourth-order valence-electron chi connectivity index (χ4n) is 2.67. The molecule has 2 aromatic carbocycles. The maximum absolute atomic E-state index is 13.1. The lowest BCUT2D eigenvalue weighted by Gasteiger charge is -2.19. The first-order valence-corrected chi connectivity index (χ1v) is 8.78. The summed E-state index contributed by atoms with van der Waals surface area (Å²) in [6.45, 7) is 6.69. The summed E-state index contributed by atoms with van der Waals surface area (Å²) in [5.41, 5.74) is 4.00. The van der Waals surface area contributed by atoms with E-state index in [-0.39, 0.29) is 23.7 Å². The number of nitrogens with one attached hydrogen (secondary N) is 1. The van der Waals surface area contributed by atoms with Crippen molar-refractivity contribution < 1.29 is 9.18 Å². The number of rotatable bonds is 4. The predicted molar refractivity (Wildman–Crippen MR) is 104 cm³/mol. The van der Waals surface area contributed by atoms with Gasteiger partial charge in [0.25, 0.3) is 5.91 Å². The highest BCUT2D eigenvalue weighted by Gasteiger charge is 2.14. The summed E-state index contributed by atoms with van der Waals surface area (Å²) in [5.74, 6) is -0.449. The molecule has 0 saturated heterocycles. The van der Waals surface area contributed by atoms with Gasteiger partial charge in [-0.05, 0) is 53.4 Å². The Morgan fingerprint density at radius 3 is 2.30 bits per heavy atom. The van der Waals surface area contributed by atoms with Crippen LogP contribution in [-0.2, 0) is 12.0 Å². The molecule has 27 heavy (non-hydrogen) atoms. The molecular weight excluding hydrogens is 341 g/mol. The molecule has 4 nitrogen and oxygen atoms in total. The molecule has 0 bridgehead atoms. The Kier molecular flexibility index (Phi) is 5.31. The topological polar surface area (TPSA) is 54.9 Å². The highest BCUT2D eigenvalue weighted by Crippen LogP contribution is 2.22. The summed E-state index contributed by atoms with van der Waals surface area (Å²) in [5, 5.41) is 2.87. The summed E-state index contributed by atoms with van der Waals surface area (Å²) < 4.78 is 13.1. The standard InChI is InChI=1S/C22H22FN3O/c1-22(2,3)17-8-4-16(5-9-17)21(27)24-13-19-12-20(26-14-25-19)15-6-10-18(23)11-7-15/h4-12,14H,13H2,1-3H3,(H,24,27). The number of carbonyl (C=O) groups excluding carboxylic acids is 1. The molecule has 1 heterocycles. The Bertz CT molecular complexity index is 929. The van der Waals surface area contributed by atoms with Gasteiger partial charge in [0.05, 0.1) is 17.9 Å². The minimum absolute atomic E-state index is 0.0483. The zero-order valence-corrected chi connectivity index (χ0v) is 15.7. The number of hydrogen-bond acceptors (Lipinski definition) is 3. The minimum Gasteiger partial charge on any atom is -0.346 e. The van der Waals surface area contributed by atoms with Crippen LogP contribution in [0, 0.1) is 5.82 Å². The van der Waals surface area contributed by atoms with Crippen molar-refractivity contribution in [1.29, 1.82) is 0 Å². The van der Waals surface area contributed by atoms with Gasteiger partial charge in [-0.1, -0.05) is 32.9 Å². The van der Waals surface area contributed by atoms with Crippen LogP contribution in [0.15, 0.2) is 60.9 Å². The number of hydrogen-bond donors (Lipinski definition) is 1. The summed E-state index contributed by atoms with van der Waals surface area (Å²) in [7, 11) is 0. The van der Waals surface area contributed by atoms with Gasteiger partial charge >= 0.3 is 0 Å². The summed E-state index contributed by atoms with van der Waals surface area (Å²) in [4.78, 5) is 20.8. The highest BCUT2D eigenvalue weighted by molar-refractivity contribution is 5.94. The van der Waals surface area contributed by atoms with Crippen LogP contribution in [0.1, 0.15) is 42.4 Å². The van der Waals surface area contributed by atoms with Gasteiger partial charge in [0.2, 0.25) is 0 Å². The summed E-state index contributed by atoms with van der Waals surface area (Å²) in [6, 6.07) is 15.5. The normalized spacial score (nSPS) is 11.3. The van der Waals surface area contributed by atoms with Crippen LogP contribution in [-0.4, -0.2) is 15.9 Å². The number of benzene rings is 2. The SMILES string of the molecule is CC(C)(C)c1ccc(C(=O)NCc2cc(-c3ccc(F)cc3)ncn2)cc1. The van der Waals surface area contributed by atoms with Gasteiger partial charge in [0.15, 0.2) is 0 Å². The lowest BCUT2D eigenvalue weighted by atomic mass is 9.87. The molecule has 1 aromatic heterocycles. The third-order valence-electron chi connectivity index (χ3n) is 4.31. The molecular formula is C22H22FN3O. The molecule has 0 atom stereocenters. The second-order valence-corrected chi connectivity index (χ2v) is 7.41. The van der Waals surface area contributed by atoms with Gasteiger partial charge in [-0.25, -0.2) is 14.4 Å². The van der Waals surface area contributed by atoms with E-state index in [1.54, 1.807) is 18.2 Å². The number of carbonyl (C=O) groups is 1. The lowest BCUT2D eigenvalue weighted by Crippen LogP contribution is -2.23. The molecule has 0 aliphatic rings. The van der Waals surface area contributed by atoms with Crippen LogP contribution in [0.5, 0.6) is 0 Å². The van der Waals surface area contributed by atoms with E-state index in [2.05, 4.69) is 36.1 Å². The van der Waals surface area contributed by atoms with Crippen LogP contribution in [0.3, 0.4) is 0 Å². The van der Waals surface area contributed by atoms with Crippen molar-refractivity contribution in [2.45, 2.75) is 32.7 Å². The molecule has 1 amide bonds. The van der Waals surface area contributed by atoms with E-state index in [9.17, 15) is 9.18 Å². The molecule has 3 rings (SSSR count). The third kappa shape index (κ3) is 4.76. The Morgan fingerprint density at radius 2 is 1.67 bits per heavy atom. The molecule has 0 unspecified atom stereocenters. The molecule has 1 N–H and O–H groups in total. The van der Waals surface area contributed by atoms with Gasteiger partial charge in [-0.15, -0.1) is 0 Å². The van der Waals surface area contributed by atoms with Crippen LogP contribution in [0.4, 0.5) is 4.39 Å². The lowest BCUT2D eigenvalue weighted by molar-refractivity contribution is 0.0950. The molecule has 0 spiro atoms. The zero-order valence-electron chi connectivity index (χ0n) is 15.7. The van der Waals surface area contributed by atoms with Gasteiger partial charge in [0, 0.05) is 11.1 Å². The number of nitrogens with zero attached hydrogens (tertiary/aromatic N) is 2. The maximum atomic E-state index is 13.1. The second kappa shape index (κ2) is 7.66. The van der Waals surface area contributed by atoms with E-state index in [1.165, 1.54) is 24.0 Å². The second-order valence-electron chi connectivity index (χ2n) is 7.41. The molecule has 5 heteroatoms. The van der Waals surface area contributed by atoms with Crippen molar-refractivity contribution in [3.8, 4) is 11.3 Å². The monoisotopic (exact) mass is 363 g/mol. The number of halogens is 1. The van der Waals surface area contributed by atoms with Crippen molar-refractivity contribution in [3.63, 3.8) is 0 Å². The predicted octanol–water partition coefficient (Wildman–Crippen LogP) is 4.51. The molecule has 0 aliphatic heterocycles. The first kappa shape index (κ1) is 18.7. The van der Waals surface area contributed by atoms with E-state index in [0.717, 1.165) is 5.56 Å². The Morgan fingerprint density at radius 1 is 1.00 bits per heavy atom. The van der Waals surface area contributed by atoms with Crippen LogP contribution in [0.2, 0.25) is 0 Å². The summed E-state index contributed by atoms with van der Waals surface area (Å²) >= 11 is 0. The number of amides is 1. The Labute approximate surface area is 158 Å². The average Bonchev–Trinajstić information content (AvgIpc) is 2.66. The van der Waals surface area contributed by atoms with Crippen molar-refractivity contribution >= 4 is 5.91 Å². The van der Waals surface area contributed by atoms with Crippen LogP contribution >= 0.6 is 0 Å². The van der Waals surface area contributed by atoms with Crippen molar-refractivity contribution in [3.05, 3.63) is 83.6 Å². The summed E-state index contributed by atoms with van der Waals surface area (Å²) in [6.07, 6.45) is 1.44. The molecule has 0 fully saturated rings. The van der Waals surface area contributed by atoms with E-state index in [4.69, 9.17) is 0 Å². The van der Waals surface area contributed by atoms with E-state index in [1.807, 2.05) is 24.3 Å². The Hall–Kier alpha value is -3.08. The number of aromatic nitrogens is 2. The molecule has 138 valence electrons. The van der Waals surface area contributed by atoms with E-state index in [0.29, 0.717) is 17.0 Å². The molecule has 0 saturated carbocycles. The average molecular weight is 363 g/mol. The fraction of sp³-hybridized carbons (Fsp3) is 0.227. The van der Waals surface area contributed by atoms with Crippen molar-refractivity contribution in [2.24, 2.45) is 0 Å². The fourth-order valence-corrected chi connectivity index (χ4v) is 2.67. The van der Waals surface area contributed by atoms with Gasteiger partial charge < -0.3 is 5.32 Å².